The molecule has 0 aromatic carbocycles. The standard InChI is InChI=1S/C8H14O3/c1-3-4-5-6(2)7(9)8(10)11/h6H,3-5H2,1-2H3,(H,10,11). The Labute approximate surface area is 66.4 Å². The summed E-state index contributed by atoms with van der Waals surface area (Å²) in [5.74, 6) is -2.31. The Morgan fingerprint density at radius 1 is 1.45 bits per heavy atom. The van der Waals surface area contributed by atoms with Crippen LogP contribution in [0, 0.1) is 5.92 Å². The first kappa shape index (κ1) is 10.1. The molecule has 0 aromatic heterocycles. The van der Waals surface area contributed by atoms with Gasteiger partial charge in [-0.1, -0.05) is 26.7 Å². The Morgan fingerprint density at radius 3 is 2.36 bits per heavy atom. The minimum Gasteiger partial charge on any atom is -0.475 e. The molecule has 3 heteroatoms. The highest BCUT2D eigenvalue weighted by molar-refractivity contribution is 6.33. The van der Waals surface area contributed by atoms with E-state index in [1.165, 1.54) is 0 Å². The molecule has 0 aromatic rings. The molecule has 0 spiro atoms. The molecule has 0 amide bonds. The van der Waals surface area contributed by atoms with Crippen molar-refractivity contribution in [1.82, 2.24) is 0 Å². The van der Waals surface area contributed by atoms with Gasteiger partial charge in [-0.25, -0.2) is 4.79 Å². The first-order valence-corrected chi connectivity index (χ1v) is 3.86. The maximum absolute atomic E-state index is 10.7. The van der Waals surface area contributed by atoms with Gasteiger partial charge in [0.25, 0.3) is 0 Å². The van der Waals surface area contributed by atoms with E-state index in [1.807, 2.05) is 6.92 Å². The summed E-state index contributed by atoms with van der Waals surface area (Å²) in [5.41, 5.74) is 0. The first-order valence-electron chi connectivity index (χ1n) is 3.86. The van der Waals surface area contributed by atoms with Gasteiger partial charge in [-0.15, -0.1) is 0 Å². The van der Waals surface area contributed by atoms with E-state index in [4.69, 9.17) is 5.11 Å². The van der Waals surface area contributed by atoms with Crippen molar-refractivity contribution >= 4 is 11.8 Å². The molecule has 0 heterocycles. The lowest BCUT2D eigenvalue weighted by Gasteiger charge is -2.04. The molecule has 0 radical (unpaired) electrons. The van der Waals surface area contributed by atoms with Crippen molar-refractivity contribution in [2.45, 2.75) is 33.1 Å². The number of Topliss-reactive ketones (excluding diaryl/α,β-unsaturated/α-hetero) is 1. The molecule has 11 heavy (non-hydrogen) atoms. The summed E-state index contributed by atoms with van der Waals surface area (Å²) < 4.78 is 0. The molecular weight excluding hydrogens is 144 g/mol. The van der Waals surface area contributed by atoms with Gasteiger partial charge in [0.2, 0.25) is 5.78 Å². The molecule has 1 atom stereocenters. The largest absolute Gasteiger partial charge is 0.475 e. The predicted molar refractivity (Wildman–Crippen MR) is 41.3 cm³/mol. The molecule has 1 unspecified atom stereocenters. The van der Waals surface area contributed by atoms with Gasteiger partial charge < -0.3 is 5.11 Å². The summed E-state index contributed by atoms with van der Waals surface area (Å²) in [4.78, 5) is 20.9. The summed E-state index contributed by atoms with van der Waals surface area (Å²) >= 11 is 0. The van der Waals surface area contributed by atoms with E-state index in [-0.39, 0.29) is 5.92 Å². The fourth-order valence-corrected chi connectivity index (χ4v) is 0.852. The second-order valence-electron chi connectivity index (χ2n) is 2.71. The van der Waals surface area contributed by atoms with E-state index in [2.05, 4.69) is 0 Å². The van der Waals surface area contributed by atoms with Crippen LogP contribution < -0.4 is 0 Å². The molecule has 0 rings (SSSR count). The van der Waals surface area contributed by atoms with Crippen LogP contribution in [0.2, 0.25) is 0 Å². The Hall–Kier alpha value is -0.860. The van der Waals surface area contributed by atoms with Crippen LogP contribution in [0.5, 0.6) is 0 Å². The lowest BCUT2D eigenvalue weighted by Crippen LogP contribution is -2.20. The Kier molecular flexibility index (Phi) is 4.50. The number of unbranched alkanes of at least 4 members (excludes halogenated alkanes) is 1. The van der Waals surface area contributed by atoms with Crippen molar-refractivity contribution in [1.29, 1.82) is 0 Å². The zero-order chi connectivity index (χ0) is 8.85. The molecule has 0 aliphatic carbocycles. The van der Waals surface area contributed by atoms with Crippen LogP contribution in [0.1, 0.15) is 33.1 Å². The summed E-state index contributed by atoms with van der Waals surface area (Å²) in [5, 5.41) is 8.30. The predicted octanol–water partition coefficient (Wildman–Crippen LogP) is 1.47. The SMILES string of the molecule is CCCCC(C)C(=O)C(=O)O. The number of aliphatic carboxylic acids is 1. The van der Waals surface area contributed by atoms with Crippen molar-refractivity contribution in [3.05, 3.63) is 0 Å². The second kappa shape index (κ2) is 4.88. The molecule has 0 bridgehead atoms. The van der Waals surface area contributed by atoms with E-state index in [9.17, 15) is 9.59 Å². The molecule has 3 nitrogen and oxygen atoms in total. The smallest absolute Gasteiger partial charge is 0.372 e. The van der Waals surface area contributed by atoms with E-state index in [1.54, 1.807) is 6.92 Å². The van der Waals surface area contributed by atoms with Gasteiger partial charge in [-0.2, -0.15) is 0 Å². The first-order chi connectivity index (χ1) is 5.09. The zero-order valence-electron chi connectivity index (χ0n) is 6.96. The number of hydrogen-bond acceptors (Lipinski definition) is 2. The fraction of sp³-hybridized carbons (Fsp3) is 0.750. The van der Waals surface area contributed by atoms with Gasteiger partial charge >= 0.3 is 5.97 Å². The van der Waals surface area contributed by atoms with Gasteiger partial charge in [-0.05, 0) is 6.42 Å². The summed E-state index contributed by atoms with van der Waals surface area (Å²) in [6.45, 7) is 3.67. The van der Waals surface area contributed by atoms with Gasteiger partial charge in [0.15, 0.2) is 0 Å². The number of carboxylic acids is 1. The van der Waals surface area contributed by atoms with Crippen LogP contribution in [0.3, 0.4) is 0 Å². The Bertz CT molecular complexity index is 151. The minimum atomic E-state index is -1.31. The van der Waals surface area contributed by atoms with Crippen LogP contribution in [-0.2, 0) is 9.59 Å². The zero-order valence-corrected chi connectivity index (χ0v) is 6.96. The molecule has 1 N–H and O–H groups in total. The Morgan fingerprint density at radius 2 is 2.00 bits per heavy atom. The lowest BCUT2D eigenvalue weighted by molar-refractivity contribution is -0.150. The number of ketones is 1. The Balaban J connectivity index is 3.73. The van der Waals surface area contributed by atoms with Crippen molar-refractivity contribution in [3.8, 4) is 0 Å². The highest BCUT2D eigenvalue weighted by Gasteiger charge is 2.18. The summed E-state index contributed by atoms with van der Waals surface area (Å²) in [6, 6.07) is 0. The maximum Gasteiger partial charge on any atom is 0.372 e. The second-order valence-corrected chi connectivity index (χ2v) is 2.71. The monoisotopic (exact) mass is 158 g/mol. The van der Waals surface area contributed by atoms with Crippen LogP contribution in [-0.4, -0.2) is 16.9 Å². The van der Waals surface area contributed by atoms with Crippen molar-refractivity contribution in [3.63, 3.8) is 0 Å². The number of carbonyl (C=O) groups excluding carboxylic acids is 1. The average Bonchev–Trinajstić information content (AvgIpc) is 1.98. The van der Waals surface area contributed by atoms with E-state index in [0.717, 1.165) is 12.8 Å². The summed E-state index contributed by atoms with van der Waals surface area (Å²) in [6.07, 6.45) is 2.60. The quantitative estimate of drug-likeness (QED) is 0.616. The van der Waals surface area contributed by atoms with Gasteiger partial charge in [0, 0.05) is 5.92 Å². The molecule has 0 saturated heterocycles. The molecular formula is C8H14O3. The molecule has 0 aliphatic rings. The molecule has 0 aliphatic heterocycles. The molecule has 64 valence electrons. The highest BCUT2D eigenvalue weighted by atomic mass is 16.4. The highest BCUT2D eigenvalue weighted by Crippen LogP contribution is 2.08. The summed E-state index contributed by atoms with van der Waals surface area (Å²) in [7, 11) is 0. The molecule has 0 fully saturated rings. The van der Waals surface area contributed by atoms with Crippen LogP contribution in [0.25, 0.3) is 0 Å². The number of carbonyl (C=O) groups is 2. The maximum atomic E-state index is 10.7. The molecule has 0 saturated carbocycles. The minimum absolute atomic E-state index is 0.326. The van der Waals surface area contributed by atoms with Crippen LogP contribution >= 0.6 is 0 Å². The normalized spacial score (nSPS) is 12.5. The van der Waals surface area contributed by atoms with Crippen molar-refractivity contribution in [2.75, 3.05) is 0 Å². The van der Waals surface area contributed by atoms with Crippen molar-refractivity contribution < 1.29 is 14.7 Å². The number of hydrogen-bond donors (Lipinski definition) is 1. The average molecular weight is 158 g/mol. The van der Waals surface area contributed by atoms with Gasteiger partial charge in [0.05, 0.1) is 0 Å². The van der Waals surface area contributed by atoms with Gasteiger partial charge in [0.1, 0.15) is 0 Å². The van der Waals surface area contributed by atoms with E-state index in [0.29, 0.717) is 6.42 Å². The lowest BCUT2D eigenvalue weighted by atomic mass is 10.00. The van der Waals surface area contributed by atoms with Crippen LogP contribution in [0.15, 0.2) is 0 Å². The van der Waals surface area contributed by atoms with Crippen LogP contribution in [0.4, 0.5) is 0 Å². The number of rotatable bonds is 5. The third-order valence-electron chi connectivity index (χ3n) is 1.65. The van der Waals surface area contributed by atoms with E-state index < -0.39 is 11.8 Å². The van der Waals surface area contributed by atoms with Crippen molar-refractivity contribution in [2.24, 2.45) is 5.92 Å². The topological polar surface area (TPSA) is 54.4 Å². The van der Waals surface area contributed by atoms with Gasteiger partial charge in [-0.3, -0.25) is 4.79 Å². The fourth-order valence-electron chi connectivity index (χ4n) is 0.852. The number of carboxylic acid groups (broad SMARTS) is 1. The van der Waals surface area contributed by atoms with E-state index >= 15 is 0 Å². The third-order valence-corrected chi connectivity index (χ3v) is 1.65. The third kappa shape index (κ3) is 3.75.